The number of carbonyl (C=O) groups is 1. The second-order valence-electron chi connectivity index (χ2n) is 4.75. The van der Waals surface area contributed by atoms with E-state index >= 15 is 0 Å². The number of nitro groups is 1. The predicted molar refractivity (Wildman–Crippen MR) is 67.4 cm³/mol. The molecule has 1 aliphatic rings. The van der Waals surface area contributed by atoms with E-state index in [-0.39, 0.29) is 0 Å². The first kappa shape index (κ1) is 14.4. The summed E-state index contributed by atoms with van der Waals surface area (Å²) in [6.07, 6.45) is 3.56. The topological polar surface area (TPSA) is 63.4 Å². The molecule has 108 valence electrons. The Morgan fingerprint density at radius 3 is 2.30 bits per heavy atom. The lowest BCUT2D eigenvalue weighted by Crippen LogP contribution is -2.32. The highest BCUT2D eigenvalue weighted by Crippen LogP contribution is 2.24. The quantitative estimate of drug-likeness (QED) is 0.619. The van der Waals surface area contributed by atoms with Crippen molar-refractivity contribution < 1.29 is 18.5 Å². The Morgan fingerprint density at radius 1 is 1.15 bits per heavy atom. The van der Waals surface area contributed by atoms with Crippen molar-refractivity contribution in [2.75, 3.05) is 13.1 Å². The van der Waals surface area contributed by atoms with Crippen molar-refractivity contribution in [2.45, 2.75) is 25.7 Å². The second-order valence-corrected chi connectivity index (χ2v) is 4.75. The standard InChI is InChI=1S/C13H14F2N2O3/c14-9-7-10(12(15)11(8-9)17(19)20)13(18)16-5-3-1-2-4-6-16/h7-8H,1-6H2. The fourth-order valence-corrected chi connectivity index (χ4v) is 2.31. The SMILES string of the molecule is O=C(c1cc(F)cc([N+](=O)[O-])c1F)N1CCCCCC1. The molecule has 0 radical (unpaired) electrons. The third kappa shape index (κ3) is 2.92. The molecular weight excluding hydrogens is 270 g/mol. The van der Waals surface area contributed by atoms with E-state index < -0.39 is 33.7 Å². The first-order chi connectivity index (χ1) is 9.50. The van der Waals surface area contributed by atoms with Gasteiger partial charge in [-0.1, -0.05) is 12.8 Å². The van der Waals surface area contributed by atoms with Crippen LogP contribution in [0.25, 0.3) is 0 Å². The zero-order chi connectivity index (χ0) is 14.7. The van der Waals surface area contributed by atoms with Gasteiger partial charge in [-0.25, -0.2) is 4.39 Å². The zero-order valence-electron chi connectivity index (χ0n) is 10.8. The Labute approximate surface area is 114 Å². The van der Waals surface area contributed by atoms with Gasteiger partial charge in [-0.05, 0) is 18.9 Å². The molecule has 1 saturated heterocycles. The van der Waals surface area contributed by atoms with Crippen LogP contribution in [0.2, 0.25) is 0 Å². The van der Waals surface area contributed by atoms with Crippen molar-refractivity contribution >= 4 is 11.6 Å². The van der Waals surface area contributed by atoms with Gasteiger partial charge in [0.05, 0.1) is 16.6 Å². The van der Waals surface area contributed by atoms with Crippen LogP contribution < -0.4 is 0 Å². The van der Waals surface area contributed by atoms with E-state index in [0.717, 1.165) is 31.7 Å². The van der Waals surface area contributed by atoms with Crippen LogP contribution in [-0.2, 0) is 0 Å². The molecular formula is C13H14F2N2O3. The van der Waals surface area contributed by atoms with Crippen LogP contribution in [0.4, 0.5) is 14.5 Å². The molecule has 7 heteroatoms. The van der Waals surface area contributed by atoms with Crippen molar-refractivity contribution in [2.24, 2.45) is 0 Å². The van der Waals surface area contributed by atoms with Gasteiger partial charge in [-0.3, -0.25) is 14.9 Å². The third-order valence-corrected chi connectivity index (χ3v) is 3.34. The van der Waals surface area contributed by atoms with Crippen LogP contribution in [0.3, 0.4) is 0 Å². The predicted octanol–water partition coefficient (Wildman–Crippen LogP) is 2.89. The molecule has 0 atom stereocenters. The van der Waals surface area contributed by atoms with Crippen LogP contribution in [0, 0.1) is 21.7 Å². The van der Waals surface area contributed by atoms with E-state index in [0.29, 0.717) is 19.2 Å². The van der Waals surface area contributed by atoms with E-state index in [1.54, 1.807) is 0 Å². The van der Waals surface area contributed by atoms with Gasteiger partial charge in [0.25, 0.3) is 5.91 Å². The number of rotatable bonds is 2. The van der Waals surface area contributed by atoms with Crippen molar-refractivity contribution in [1.29, 1.82) is 0 Å². The highest BCUT2D eigenvalue weighted by atomic mass is 19.1. The molecule has 2 rings (SSSR count). The molecule has 0 aromatic heterocycles. The van der Waals surface area contributed by atoms with Gasteiger partial charge in [-0.2, -0.15) is 4.39 Å². The molecule has 1 amide bonds. The summed E-state index contributed by atoms with van der Waals surface area (Å²) in [5.74, 6) is -2.95. The smallest absolute Gasteiger partial charge is 0.308 e. The number of hydrogen-bond acceptors (Lipinski definition) is 3. The molecule has 0 aliphatic carbocycles. The molecule has 5 nitrogen and oxygen atoms in total. The van der Waals surface area contributed by atoms with Gasteiger partial charge in [0.1, 0.15) is 5.82 Å². The van der Waals surface area contributed by atoms with Gasteiger partial charge in [0, 0.05) is 13.1 Å². The molecule has 1 aromatic rings. The molecule has 0 unspecified atom stereocenters. The molecule has 0 N–H and O–H groups in total. The third-order valence-electron chi connectivity index (χ3n) is 3.34. The lowest BCUT2D eigenvalue weighted by atomic mass is 10.1. The summed E-state index contributed by atoms with van der Waals surface area (Å²) in [7, 11) is 0. The summed E-state index contributed by atoms with van der Waals surface area (Å²) in [5.41, 5.74) is -1.58. The van der Waals surface area contributed by atoms with Crippen LogP contribution in [-0.4, -0.2) is 28.8 Å². The lowest BCUT2D eigenvalue weighted by Gasteiger charge is -2.20. The van der Waals surface area contributed by atoms with E-state index in [9.17, 15) is 23.7 Å². The van der Waals surface area contributed by atoms with Gasteiger partial charge in [0.15, 0.2) is 0 Å². The first-order valence-corrected chi connectivity index (χ1v) is 6.43. The van der Waals surface area contributed by atoms with Gasteiger partial charge < -0.3 is 4.90 Å². The highest BCUT2D eigenvalue weighted by molar-refractivity contribution is 5.95. The molecule has 1 fully saturated rings. The van der Waals surface area contributed by atoms with Crippen molar-refractivity contribution in [3.8, 4) is 0 Å². The summed E-state index contributed by atoms with van der Waals surface area (Å²) >= 11 is 0. The maximum atomic E-state index is 14.0. The number of likely N-dealkylation sites (tertiary alicyclic amines) is 1. The minimum atomic E-state index is -1.27. The minimum Gasteiger partial charge on any atom is -0.339 e. The Balaban J connectivity index is 2.36. The number of nitro benzene ring substituents is 1. The maximum Gasteiger partial charge on any atom is 0.308 e. The van der Waals surface area contributed by atoms with Crippen molar-refractivity contribution in [3.05, 3.63) is 39.4 Å². The number of hydrogen-bond donors (Lipinski definition) is 0. The largest absolute Gasteiger partial charge is 0.339 e. The number of carbonyl (C=O) groups excluding carboxylic acids is 1. The normalized spacial score (nSPS) is 15.8. The van der Waals surface area contributed by atoms with Crippen molar-refractivity contribution in [3.63, 3.8) is 0 Å². The maximum absolute atomic E-state index is 14.0. The Kier molecular flexibility index (Phi) is 4.26. The van der Waals surface area contributed by atoms with Crippen LogP contribution in [0.1, 0.15) is 36.0 Å². The first-order valence-electron chi connectivity index (χ1n) is 6.43. The summed E-state index contributed by atoms with van der Waals surface area (Å²) in [5, 5.41) is 10.7. The molecule has 0 bridgehead atoms. The second kappa shape index (κ2) is 5.94. The summed E-state index contributed by atoms with van der Waals surface area (Å²) in [4.78, 5) is 23.2. The molecule has 0 saturated carbocycles. The molecule has 1 aliphatic heterocycles. The minimum absolute atomic E-state index is 0.461. The van der Waals surface area contributed by atoms with E-state index in [1.165, 1.54) is 4.90 Å². The molecule has 1 heterocycles. The number of amides is 1. The molecule has 1 aromatic carbocycles. The molecule has 20 heavy (non-hydrogen) atoms. The fourth-order valence-electron chi connectivity index (χ4n) is 2.31. The number of halogens is 2. The summed E-state index contributed by atoms with van der Waals surface area (Å²) < 4.78 is 27.3. The Hall–Kier alpha value is -2.05. The van der Waals surface area contributed by atoms with Gasteiger partial charge in [0.2, 0.25) is 5.82 Å². The van der Waals surface area contributed by atoms with Gasteiger partial charge >= 0.3 is 5.69 Å². The van der Waals surface area contributed by atoms with Gasteiger partial charge in [-0.15, -0.1) is 0 Å². The number of nitrogens with zero attached hydrogens (tertiary/aromatic N) is 2. The average molecular weight is 284 g/mol. The van der Waals surface area contributed by atoms with Crippen LogP contribution in [0.5, 0.6) is 0 Å². The highest BCUT2D eigenvalue weighted by Gasteiger charge is 2.27. The Morgan fingerprint density at radius 2 is 1.75 bits per heavy atom. The average Bonchev–Trinajstić information content (AvgIpc) is 2.68. The fraction of sp³-hybridized carbons (Fsp3) is 0.462. The van der Waals surface area contributed by atoms with E-state index in [2.05, 4.69) is 0 Å². The molecule has 0 spiro atoms. The zero-order valence-corrected chi connectivity index (χ0v) is 10.8. The number of benzene rings is 1. The lowest BCUT2D eigenvalue weighted by molar-refractivity contribution is -0.387. The van der Waals surface area contributed by atoms with Crippen LogP contribution >= 0.6 is 0 Å². The van der Waals surface area contributed by atoms with E-state index in [1.807, 2.05) is 0 Å². The Bertz CT molecular complexity index is 541. The summed E-state index contributed by atoms with van der Waals surface area (Å²) in [6, 6.07) is 1.20. The summed E-state index contributed by atoms with van der Waals surface area (Å²) in [6.45, 7) is 0.922. The van der Waals surface area contributed by atoms with Crippen LogP contribution in [0.15, 0.2) is 12.1 Å². The monoisotopic (exact) mass is 284 g/mol. The van der Waals surface area contributed by atoms with Crippen molar-refractivity contribution in [1.82, 2.24) is 4.90 Å². The van der Waals surface area contributed by atoms with E-state index in [4.69, 9.17) is 0 Å².